The quantitative estimate of drug-likeness (QED) is 0.190. The van der Waals surface area contributed by atoms with Gasteiger partial charge in [-0.2, -0.15) is 0 Å². The van der Waals surface area contributed by atoms with Crippen molar-refractivity contribution in [3.63, 3.8) is 0 Å². The first-order valence-corrected chi connectivity index (χ1v) is 11.3. The zero-order valence-corrected chi connectivity index (χ0v) is 21.6. The van der Waals surface area contributed by atoms with Crippen molar-refractivity contribution < 1.29 is 14.3 Å². The lowest BCUT2D eigenvalue weighted by atomic mass is 10.2. The van der Waals surface area contributed by atoms with Crippen LogP contribution in [0.4, 0.5) is 0 Å². The van der Waals surface area contributed by atoms with E-state index in [4.69, 9.17) is 9.47 Å². The summed E-state index contributed by atoms with van der Waals surface area (Å²) in [6.07, 6.45) is 5.88. The highest BCUT2D eigenvalue weighted by molar-refractivity contribution is 14.0. The normalized spacial score (nSPS) is 14.5. The average molecular weight is 546 g/mol. The number of guanidine groups is 1. The molecule has 0 spiro atoms. The Morgan fingerprint density at radius 3 is 2.74 bits per heavy atom. The summed E-state index contributed by atoms with van der Waals surface area (Å²) in [5, 5.41) is 6.65. The Bertz CT molecular complexity index is 685. The molecule has 1 aliphatic rings. The maximum Gasteiger partial charge on any atom is 0.222 e. The van der Waals surface area contributed by atoms with Crippen molar-refractivity contribution in [3.05, 3.63) is 23.8 Å². The van der Waals surface area contributed by atoms with E-state index in [2.05, 4.69) is 29.5 Å². The fourth-order valence-electron chi connectivity index (χ4n) is 3.41. The Kier molecular flexibility index (Phi) is 14.1. The number of likely N-dealkylation sites (tertiary alicyclic amines) is 1. The van der Waals surface area contributed by atoms with Crippen LogP contribution in [-0.4, -0.2) is 56.7 Å². The number of hydrogen-bond acceptors (Lipinski definition) is 4. The Morgan fingerprint density at radius 2 is 2.00 bits per heavy atom. The fourth-order valence-corrected chi connectivity index (χ4v) is 3.41. The third kappa shape index (κ3) is 9.97. The van der Waals surface area contributed by atoms with Crippen LogP contribution < -0.4 is 20.1 Å². The number of carbonyl (C=O) groups is 1. The van der Waals surface area contributed by atoms with Crippen LogP contribution in [0.1, 0.15) is 57.9 Å². The smallest absolute Gasteiger partial charge is 0.222 e. The minimum absolute atomic E-state index is 0. The monoisotopic (exact) mass is 546 g/mol. The molecule has 2 rings (SSSR count). The van der Waals surface area contributed by atoms with Crippen LogP contribution in [0.3, 0.4) is 0 Å². The average Bonchev–Trinajstić information content (AvgIpc) is 2.97. The molecule has 1 aromatic carbocycles. The number of nitrogens with zero attached hydrogens (tertiary/aromatic N) is 2. The van der Waals surface area contributed by atoms with E-state index in [1.165, 1.54) is 0 Å². The van der Waals surface area contributed by atoms with E-state index < -0.39 is 0 Å². The lowest BCUT2D eigenvalue weighted by molar-refractivity contribution is -0.130. The second-order valence-corrected chi connectivity index (χ2v) is 7.50. The van der Waals surface area contributed by atoms with Gasteiger partial charge < -0.3 is 25.0 Å². The van der Waals surface area contributed by atoms with E-state index in [1.54, 1.807) is 7.11 Å². The van der Waals surface area contributed by atoms with Crippen LogP contribution in [-0.2, 0) is 11.3 Å². The van der Waals surface area contributed by atoms with Gasteiger partial charge in [-0.25, -0.2) is 4.99 Å². The van der Waals surface area contributed by atoms with Crippen LogP contribution in [0.5, 0.6) is 11.5 Å². The zero-order valence-electron chi connectivity index (χ0n) is 19.2. The van der Waals surface area contributed by atoms with Gasteiger partial charge in [-0.1, -0.05) is 19.4 Å². The molecule has 8 heteroatoms. The summed E-state index contributed by atoms with van der Waals surface area (Å²) in [5.41, 5.74) is 1.06. The summed E-state index contributed by atoms with van der Waals surface area (Å²) in [5.74, 6) is 2.58. The summed E-state index contributed by atoms with van der Waals surface area (Å²) in [6.45, 7) is 8.63. The minimum atomic E-state index is 0. The van der Waals surface area contributed by atoms with Gasteiger partial charge in [0.25, 0.3) is 0 Å². The molecule has 0 atom stereocenters. The summed E-state index contributed by atoms with van der Waals surface area (Å²) in [7, 11) is 1.65. The molecule has 1 aromatic rings. The number of rotatable bonds is 11. The van der Waals surface area contributed by atoms with E-state index in [1.807, 2.05) is 23.1 Å². The largest absolute Gasteiger partial charge is 0.493 e. The van der Waals surface area contributed by atoms with Gasteiger partial charge in [0.2, 0.25) is 5.91 Å². The molecule has 1 aliphatic heterocycles. The predicted molar refractivity (Wildman–Crippen MR) is 137 cm³/mol. The Hall–Kier alpha value is -1.71. The number of halogens is 1. The molecule has 0 bridgehead atoms. The molecule has 1 saturated heterocycles. The van der Waals surface area contributed by atoms with Gasteiger partial charge in [-0.15, -0.1) is 24.0 Å². The lowest BCUT2D eigenvalue weighted by Crippen LogP contribution is -2.39. The molecule has 31 heavy (non-hydrogen) atoms. The first-order valence-electron chi connectivity index (χ1n) is 11.3. The van der Waals surface area contributed by atoms with E-state index in [-0.39, 0.29) is 24.0 Å². The second-order valence-electron chi connectivity index (χ2n) is 7.50. The van der Waals surface area contributed by atoms with Crippen LogP contribution in [0.25, 0.3) is 0 Å². The third-order valence-electron chi connectivity index (χ3n) is 5.02. The number of amides is 1. The van der Waals surface area contributed by atoms with Gasteiger partial charge in [0.1, 0.15) is 0 Å². The van der Waals surface area contributed by atoms with Crippen molar-refractivity contribution in [2.75, 3.05) is 39.9 Å². The van der Waals surface area contributed by atoms with Gasteiger partial charge in [0, 0.05) is 32.6 Å². The Labute approximate surface area is 204 Å². The maximum absolute atomic E-state index is 12.1. The highest BCUT2D eigenvalue weighted by Crippen LogP contribution is 2.28. The fraction of sp³-hybridized carbons (Fsp3) is 0.652. The summed E-state index contributed by atoms with van der Waals surface area (Å²) in [6, 6.07) is 5.94. The second kappa shape index (κ2) is 16.0. The van der Waals surface area contributed by atoms with Crippen molar-refractivity contribution in [1.82, 2.24) is 15.5 Å². The SMILES string of the molecule is CCCOc1ccc(CN=C(NCC)NCCCN2CCCCCC2=O)cc1OC.I. The van der Waals surface area contributed by atoms with Crippen LogP contribution in [0, 0.1) is 0 Å². The first-order chi connectivity index (χ1) is 14.7. The molecule has 2 N–H and O–H groups in total. The van der Waals surface area contributed by atoms with Crippen molar-refractivity contribution in [2.24, 2.45) is 4.99 Å². The van der Waals surface area contributed by atoms with Gasteiger partial charge in [-0.05, 0) is 50.3 Å². The number of nitrogens with one attached hydrogen (secondary N) is 2. The van der Waals surface area contributed by atoms with Crippen LogP contribution >= 0.6 is 24.0 Å². The molecule has 1 fully saturated rings. The zero-order chi connectivity index (χ0) is 21.6. The third-order valence-corrected chi connectivity index (χ3v) is 5.02. The topological polar surface area (TPSA) is 75.2 Å². The maximum atomic E-state index is 12.1. The number of carbonyl (C=O) groups excluding carboxylic acids is 1. The number of hydrogen-bond donors (Lipinski definition) is 2. The number of ether oxygens (including phenoxy) is 2. The molecular formula is C23H39IN4O3. The van der Waals surface area contributed by atoms with Crippen molar-refractivity contribution >= 4 is 35.8 Å². The highest BCUT2D eigenvalue weighted by atomic mass is 127. The molecule has 1 heterocycles. The highest BCUT2D eigenvalue weighted by Gasteiger charge is 2.15. The first kappa shape index (κ1) is 27.3. The number of methoxy groups -OCH3 is 1. The van der Waals surface area contributed by atoms with E-state index >= 15 is 0 Å². The molecule has 1 amide bonds. The van der Waals surface area contributed by atoms with E-state index in [0.29, 0.717) is 25.5 Å². The summed E-state index contributed by atoms with van der Waals surface area (Å²) < 4.78 is 11.2. The van der Waals surface area contributed by atoms with Gasteiger partial charge in [0.05, 0.1) is 20.3 Å². The molecular weight excluding hydrogens is 507 g/mol. The van der Waals surface area contributed by atoms with E-state index in [0.717, 1.165) is 81.3 Å². The Balaban J connectivity index is 0.00000480. The molecule has 0 unspecified atom stereocenters. The van der Waals surface area contributed by atoms with Crippen molar-refractivity contribution in [1.29, 1.82) is 0 Å². The van der Waals surface area contributed by atoms with Crippen molar-refractivity contribution in [2.45, 2.75) is 58.9 Å². The standard InChI is InChI=1S/C23H38N4O3.HI/c1-4-16-30-20-12-11-19(17-21(20)29-3)18-26-23(24-5-2)25-13-9-15-27-14-8-6-7-10-22(27)28;/h11-12,17H,4-10,13-16,18H2,1-3H3,(H2,24,25,26);1H. The van der Waals surface area contributed by atoms with E-state index in [9.17, 15) is 4.79 Å². The molecule has 0 aliphatic carbocycles. The van der Waals surface area contributed by atoms with Crippen LogP contribution in [0.15, 0.2) is 23.2 Å². The molecule has 0 aromatic heterocycles. The molecule has 0 saturated carbocycles. The minimum Gasteiger partial charge on any atom is -0.493 e. The lowest BCUT2D eigenvalue weighted by Gasteiger charge is -2.20. The van der Waals surface area contributed by atoms with Gasteiger partial charge in [0.15, 0.2) is 17.5 Å². The number of aliphatic imine (C=N–C) groups is 1. The number of benzene rings is 1. The van der Waals surface area contributed by atoms with Crippen molar-refractivity contribution in [3.8, 4) is 11.5 Å². The Morgan fingerprint density at radius 1 is 1.16 bits per heavy atom. The molecule has 176 valence electrons. The van der Waals surface area contributed by atoms with Crippen LogP contribution in [0.2, 0.25) is 0 Å². The summed E-state index contributed by atoms with van der Waals surface area (Å²) >= 11 is 0. The van der Waals surface area contributed by atoms with Gasteiger partial charge >= 0.3 is 0 Å². The summed E-state index contributed by atoms with van der Waals surface area (Å²) in [4.78, 5) is 18.8. The molecule has 7 nitrogen and oxygen atoms in total. The van der Waals surface area contributed by atoms with Gasteiger partial charge in [-0.3, -0.25) is 4.79 Å². The predicted octanol–water partition coefficient (Wildman–Crippen LogP) is 3.95. The molecule has 0 radical (unpaired) electrons.